The van der Waals surface area contributed by atoms with E-state index in [2.05, 4.69) is 14.7 Å². The van der Waals surface area contributed by atoms with Crippen LogP contribution < -0.4 is 0 Å². The van der Waals surface area contributed by atoms with E-state index in [0.29, 0.717) is 21.7 Å². The van der Waals surface area contributed by atoms with Gasteiger partial charge in [0.25, 0.3) is 0 Å². The van der Waals surface area contributed by atoms with Gasteiger partial charge in [-0.1, -0.05) is 12.2 Å². The molecule has 0 aliphatic heterocycles. The van der Waals surface area contributed by atoms with Crippen LogP contribution in [0.3, 0.4) is 0 Å². The van der Waals surface area contributed by atoms with Gasteiger partial charge in [0.2, 0.25) is 0 Å². The number of rotatable bonds is 2. The van der Waals surface area contributed by atoms with Crippen molar-refractivity contribution in [3.05, 3.63) is 46.1 Å². The Morgan fingerprint density at radius 1 is 1.37 bits per heavy atom. The maximum absolute atomic E-state index is 13.5. The molecule has 0 radical (unpaired) electrons. The molecule has 0 amide bonds. The summed E-state index contributed by atoms with van der Waals surface area (Å²) < 4.78 is 18.5. The SMILES string of the molecule is COC(=O)c1cc(F)cc(-c2cc(=S)nc(C)[nH]2)c1. The normalized spacial score (nSPS) is 10.3. The molecule has 0 bridgehead atoms. The van der Waals surface area contributed by atoms with E-state index in [1.165, 1.54) is 19.2 Å². The largest absolute Gasteiger partial charge is 0.465 e. The molecule has 0 spiro atoms. The molecule has 19 heavy (non-hydrogen) atoms. The van der Waals surface area contributed by atoms with Crippen LogP contribution in [0.4, 0.5) is 4.39 Å². The Hall–Kier alpha value is -2.08. The lowest BCUT2D eigenvalue weighted by molar-refractivity contribution is 0.0600. The number of hydrogen-bond acceptors (Lipinski definition) is 4. The number of aromatic nitrogens is 2. The van der Waals surface area contributed by atoms with Gasteiger partial charge in [-0.2, -0.15) is 0 Å². The number of aryl methyl sites for hydroxylation is 1. The van der Waals surface area contributed by atoms with Crippen LogP contribution in [0, 0.1) is 17.4 Å². The molecule has 0 fully saturated rings. The van der Waals surface area contributed by atoms with E-state index in [4.69, 9.17) is 12.2 Å². The van der Waals surface area contributed by atoms with Gasteiger partial charge in [0.05, 0.1) is 12.7 Å². The van der Waals surface area contributed by atoms with Crippen LogP contribution >= 0.6 is 12.2 Å². The fourth-order valence-corrected chi connectivity index (χ4v) is 1.97. The minimum absolute atomic E-state index is 0.145. The number of H-pyrrole nitrogens is 1. The van der Waals surface area contributed by atoms with Crippen molar-refractivity contribution in [3.8, 4) is 11.3 Å². The van der Waals surface area contributed by atoms with Crippen molar-refractivity contribution in [2.75, 3.05) is 7.11 Å². The lowest BCUT2D eigenvalue weighted by Crippen LogP contribution is -2.02. The second kappa shape index (κ2) is 5.27. The van der Waals surface area contributed by atoms with Crippen LogP contribution in [-0.2, 0) is 4.74 Å². The third-order valence-electron chi connectivity index (χ3n) is 2.49. The summed E-state index contributed by atoms with van der Waals surface area (Å²) in [4.78, 5) is 18.5. The Bertz CT molecular complexity index is 697. The van der Waals surface area contributed by atoms with E-state index in [9.17, 15) is 9.18 Å². The maximum Gasteiger partial charge on any atom is 0.337 e. The van der Waals surface area contributed by atoms with Gasteiger partial charge in [0, 0.05) is 11.3 Å². The topological polar surface area (TPSA) is 55.0 Å². The molecule has 2 aromatic rings. The van der Waals surface area contributed by atoms with Crippen LogP contribution in [-0.4, -0.2) is 23.0 Å². The first kappa shape index (κ1) is 13.4. The Labute approximate surface area is 114 Å². The summed E-state index contributed by atoms with van der Waals surface area (Å²) in [5.41, 5.74) is 1.26. The fraction of sp³-hybridized carbons (Fsp3) is 0.154. The highest BCUT2D eigenvalue weighted by Crippen LogP contribution is 2.21. The number of benzene rings is 1. The monoisotopic (exact) mass is 278 g/mol. The number of esters is 1. The average Bonchev–Trinajstić information content (AvgIpc) is 2.36. The Morgan fingerprint density at radius 2 is 2.11 bits per heavy atom. The van der Waals surface area contributed by atoms with Crippen LogP contribution in [0.1, 0.15) is 16.2 Å². The molecule has 98 valence electrons. The van der Waals surface area contributed by atoms with Gasteiger partial charge in [-0.3, -0.25) is 0 Å². The van der Waals surface area contributed by atoms with E-state index in [0.717, 1.165) is 6.07 Å². The van der Waals surface area contributed by atoms with Crippen LogP contribution in [0.15, 0.2) is 24.3 Å². The van der Waals surface area contributed by atoms with Gasteiger partial charge in [-0.15, -0.1) is 0 Å². The zero-order chi connectivity index (χ0) is 14.0. The van der Waals surface area contributed by atoms with Crippen LogP contribution in [0.5, 0.6) is 0 Å². The van der Waals surface area contributed by atoms with Gasteiger partial charge in [-0.25, -0.2) is 14.2 Å². The molecular weight excluding hydrogens is 267 g/mol. The minimum atomic E-state index is -0.592. The zero-order valence-electron chi connectivity index (χ0n) is 10.4. The minimum Gasteiger partial charge on any atom is -0.465 e. The van der Waals surface area contributed by atoms with Gasteiger partial charge < -0.3 is 9.72 Å². The van der Waals surface area contributed by atoms with Crippen LogP contribution in [0.2, 0.25) is 0 Å². The number of carbonyl (C=O) groups excluding carboxylic acids is 1. The number of nitrogens with zero attached hydrogens (tertiary/aromatic N) is 1. The predicted octanol–water partition coefficient (Wildman–Crippen LogP) is 3.04. The molecule has 0 unspecified atom stereocenters. The lowest BCUT2D eigenvalue weighted by atomic mass is 10.1. The molecule has 0 saturated carbocycles. The third kappa shape index (κ3) is 3.03. The van der Waals surface area contributed by atoms with Crippen molar-refractivity contribution in [2.24, 2.45) is 0 Å². The van der Waals surface area contributed by atoms with Crippen LogP contribution in [0.25, 0.3) is 11.3 Å². The molecule has 1 N–H and O–H groups in total. The molecule has 0 aliphatic carbocycles. The molecule has 2 rings (SSSR count). The van der Waals surface area contributed by atoms with Gasteiger partial charge >= 0.3 is 5.97 Å². The highest BCUT2D eigenvalue weighted by atomic mass is 32.1. The summed E-state index contributed by atoms with van der Waals surface area (Å²) in [5, 5.41) is 0. The van der Waals surface area contributed by atoms with Crippen molar-refractivity contribution in [1.29, 1.82) is 0 Å². The smallest absolute Gasteiger partial charge is 0.337 e. The van der Waals surface area contributed by atoms with Crippen molar-refractivity contribution in [2.45, 2.75) is 6.92 Å². The van der Waals surface area contributed by atoms with E-state index in [1.54, 1.807) is 13.0 Å². The summed E-state index contributed by atoms with van der Waals surface area (Å²) in [6.45, 7) is 1.75. The Morgan fingerprint density at radius 3 is 2.74 bits per heavy atom. The lowest BCUT2D eigenvalue weighted by Gasteiger charge is -2.06. The van der Waals surface area contributed by atoms with Crippen molar-refractivity contribution < 1.29 is 13.9 Å². The number of nitrogens with one attached hydrogen (secondary N) is 1. The quantitative estimate of drug-likeness (QED) is 0.677. The summed E-state index contributed by atoms with van der Waals surface area (Å²) in [6, 6.07) is 5.58. The second-order valence-corrected chi connectivity index (χ2v) is 4.36. The van der Waals surface area contributed by atoms with E-state index in [-0.39, 0.29) is 5.56 Å². The average molecular weight is 278 g/mol. The van der Waals surface area contributed by atoms with Gasteiger partial charge in [0.15, 0.2) is 0 Å². The predicted molar refractivity (Wildman–Crippen MR) is 70.9 cm³/mol. The number of halogens is 1. The molecule has 1 aromatic carbocycles. The van der Waals surface area contributed by atoms with Crippen molar-refractivity contribution in [3.63, 3.8) is 0 Å². The Balaban J connectivity index is 2.59. The molecule has 1 heterocycles. The van der Waals surface area contributed by atoms with E-state index in [1.807, 2.05) is 0 Å². The van der Waals surface area contributed by atoms with Crippen molar-refractivity contribution in [1.82, 2.24) is 9.97 Å². The molecular formula is C13H11FN2O2S. The van der Waals surface area contributed by atoms with Gasteiger partial charge in [-0.05, 0) is 31.2 Å². The molecule has 0 atom stereocenters. The first-order chi connectivity index (χ1) is 8.99. The number of ether oxygens (including phenoxy) is 1. The zero-order valence-corrected chi connectivity index (χ0v) is 11.2. The summed E-state index contributed by atoms with van der Waals surface area (Å²) in [5.74, 6) is -0.497. The number of aromatic amines is 1. The number of hydrogen-bond donors (Lipinski definition) is 1. The maximum atomic E-state index is 13.5. The molecule has 4 nitrogen and oxygen atoms in total. The summed E-state index contributed by atoms with van der Waals surface area (Å²) in [7, 11) is 1.25. The highest BCUT2D eigenvalue weighted by Gasteiger charge is 2.10. The summed E-state index contributed by atoms with van der Waals surface area (Å²) >= 11 is 5.01. The number of methoxy groups -OCH3 is 1. The molecule has 1 aromatic heterocycles. The molecule has 0 aliphatic rings. The van der Waals surface area contributed by atoms with E-state index >= 15 is 0 Å². The second-order valence-electron chi connectivity index (χ2n) is 3.94. The fourth-order valence-electron chi connectivity index (χ4n) is 1.72. The van der Waals surface area contributed by atoms with E-state index < -0.39 is 11.8 Å². The third-order valence-corrected chi connectivity index (χ3v) is 2.70. The molecule has 0 saturated heterocycles. The standard InChI is InChI=1S/C13H11FN2O2S/c1-7-15-11(6-12(19)16-7)8-3-9(13(17)18-2)5-10(14)4-8/h3-6H,1-2H3,(H,15,16,19). The van der Waals surface area contributed by atoms with Gasteiger partial charge in [0.1, 0.15) is 16.3 Å². The highest BCUT2D eigenvalue weighted by molar-refractivity contribution is 7.71. The Kier molecular flexibility index (Phi) is 3.71. The van der Waals surface area contributed by atoms with Crippen molar-refractivity contribution >= 4 is 18.2 Å². The summed E-state index contributed by atoms with van der Waals surface area (Å²) in [6.07, 6.45) is 0. The number of carbonyl (C=O) groups is 1. The first-order valence-electron chi connectivity index (χ1n) is 5.47. The first-order valence-corrected chi connectivity index (χ1v) is 5.87. The molecule has 6 heteroatoms.